The van der Waals surface area contributed by atoms with Gasteiger partial charge in [-0.1, -0.05) is 6.07 Å². The Morgan fingerprint density at radius 2 is 2.50 bits per heavy atom. The summed E-state index contributed by atoms with van der Waals surface area (Å²) < 4.78 is 11.1. The minimum absolute atomic E-state index is 0.471. The van der Waals surface area contributed by atoms with Gasteiger partial charge in [-0.15, -0.1) is 0 Å². The van der Waals surface area contributed by atoms with E-state index in [9.17, 15) is 0 Å². The lowest BCUT2D eigenvalue weighted by Gasteiger charge is -2.11. The molecule has 0 radical (unpaired) electrons. The van der Waals surface area contributed by atoms with E-state index >= 15 is 0 Å². The molecule has 4 heteroatoms. The van der Waals surface area contributed by atoms with Crippen LogP contribution in [0.25, 0.3) is 11.1 Å². The zero-order valence-corrected chi connectivity index (χ0v) is 8.98. The molecule has 1 aliphatic rings. The van der Waals surface area contributed by atoms with Crippen molar-refractivity contribution in [3.05, 3.63) is 24.6 Å². The number of benzene rings is 1. The van der Waals surface area contributed by atoms with Gasteiger partial charge in [0, 0.05) is 6.04 Å². The SMILES string of the molecule is c1cc(OCC2CCCN2)c2ocnc2c1. The van der Waals surface area contributed by atoms with Crippen molar-refractivity contribution in [2.45, 2.75) is 18.9 Å². The van der Waals surface area contributed by atoms with Crippen molar-refractivity contribution in [2.75, 3.05) is 13.2 Å². The Bertz CT molecular complexity index is 475. The number of rotatable bonds is 3. The molecule has 2 aromatic rings. The van der Waals surface area contributed by atoms with Crippen LogP contribution in [-0.2, 0) is 0 Å². The summed E-state index contributed by atoms with van der Waals surface area (Å²) in [4.78, 5) is 4.10. The monoisotopic (exact) mass is 218 g/mol. The molecule has 1 saturated heterocycles. The third-order valence-corrected chi connectivity index (χ3v) is 2.92. The Morgan fingerprint density at radius 3 is 3.38 bits per heavy atom. The van der Waals surface area contributed by atoms with Gasteiger partial charge in [-0.2, -0.15) is 0 Å². The van der Waals surface area contributed by atoms with E-state index in [1.807, 2.05) is 18.2 Å². The molecule has 1 aromatic heterocycles. The van der Waals surface area contributed by atoms with Gasteiger partial charge in [0.15, 0.2) is 17.7 Å². The van der Waals surface area contributed by atoms with Crippen molar-refractivity contribution in [2.24, 2.45) is 0 Å². The highest BCUT2D eigenvalue weighted by atomic mass is 16.5. The fourth-order valence-corrected chi connectivity index (χ4v) is 2.06. The topological polar surface area (TPSA) is 47.3 Å². The molecule has 1 atom stereocenters. The number of para-hydroxylation sites is 1. The number of oxazole rings is 1. The number of aromatic nitrogens is 1. The molecule has 0 spiro atoms. The molecule has 3 rings (SSSR count). The smallest absolute Gasteiger partial charge is 0.196 e. The van der Waals surface area contributed by atoms with Gasteiger partial charge in [0.1, 0.15) is 12.1 Å². The predicted molar refractivity (Wildman–Crippen MR) is 60.5 cm³/mol. The summed E-state index contributed by atoms with van der Waals surface area (Å²) >= 11 is 0. The Kier molecular flexibility index (Phi) is 2.50. The Morgan fingerprint density at radius 1 is 1.50 bits per heavy atom. The summed E-state index contributed by atoms with van der Waals surface area (Å²) in [5.41, 5.74) is 1.58. The van der Waals surface area contributed by atoms with Crippen LogP contribution in [0.4, 0.5) is 0 Å². The van der Waals surface area contributed by atoms with Crippen LogP contribution in [0.5, 0.6) is 5.75 Å². The molecule has 0 aliphatic carbocycles. The summed E-state index contributed by atoms with van der Waals surface area (Å²) in [6, 6.07) is 6.24. The lowest BCUT2D eigenvalue weighted by Crippen LogP contribution is -2.28. The minimum atomic E-state index is 0.471. The molecule has 1 unspecified atom stereocenters. The van der Waals surface area contributed by atoms with E-state index in [1.54, 1.807) is 0 Å². The molecule has 0 bridgehead atoms. The largest absolute Gasteiger partial charge is 0.488 e. The summed E-state index contributed by atoms with van der Waals surface area (Å²) in [6.45, 7) is 1.79. The highest BCUT2D eigenvalue weighted by molar-refractivity contribution is 5.78. The molecule has 1 aromatic carbocycles. The molecule has 84 valence electrons. The fraction of sp³-hybridized carbons (Fsp3) is 0.417. The van der Waals surface area contributed by atoms with Crippen molar-refractivity contribution < 1.29 is 9.15 Å². The number of nitrogens with one attached hydrogen (secondary N) is 1. The van der Waals surface area contributed by atoms with E-state index in [0.717, 1.165) is 23.4 Å². The molecular weight excluding hydrogens is 204 g/mol. The maximum absolute atomic E-state index is 5.77. The normalized spacial score (nSPS) is 20.4. The van der Waals surface area contributed by atoms with Gasteiger partial charge in [0.25, 0.3) is 0 Å². The number of fused-ring (bicyclic) bond motifs is 1. The number of hydrogen-bond donors (Lipinski definition) is 1. The van der Waals surface area contributed by atoms with E-state index in [-0.39, 0.29) is 0 Å². The Balaban J connectivity index is 1.75. The molecule has 0 amide bonds. The molecular formula is C12H14N2O2. The second-order valence-electron chi connectivity index (χ2n) is 4.06. The average molecular weight is 218 g/mol. The van der Waals surface area contributed by atoms with E-state index in [2.05, 4.69) is 10.3 Å². The number of hydrogen-bond acceptors (Lipinski definition) is 4. The van der Waals surface area contributed by atoms with Crippen LogP contribution in [0.15, 0.2) is 29.0 Å². The van der Waals surface area contributed by atoms with Crippen LogP contribution in [0.2, 0.25) is 0 Å². The molecule has 1 aliphatic heterocycles. The highest BCUT2D eigenvalue weighted by Gasteiger charge is 2.15. The van der Waals surface area contributed by atoms with Crippen molar-refractivity contribution in [1.29, 1.82) is 0 Å². The first-order chi connectivity index (χ1) is 7.93. The summed E-state index contributed by atoms with van der Waals surface area (Å²) in [5, 5.41) is 3.40. The molecule has 2 heterocycles. The molecule has 0 saturated carbocycles. The maximum atomic E-state index is 5.77. The van der Waals surface area contributed by atoms with Crippen molar-refractivity contribution >= 4 is 11.1 Å². The van der Waals surface area contributed by atoms with Gasteiger partial charge >= 0.3 is 0 Å². The summed E-state index contributed by atoms with van der Waals surface area (Å²) in [6.07, 6.45) is 3.87. The standard InChI is InChI=1S/C12H14N2O2/c1-4-10-12(16-8-14-10)11(5-1)15-7-9-3-2-6-13-9/h1,4-5,8-9,13H,2-3,6-7H2. The van der Waals surface area contributed by atoms with Crippen LogP contribution in [0, 0.1) is 0 Å². The van der Waals surface area contributed by atoms with Crippen LogP contribution in [0.3, 0.4) is 0 Å². The fourth-order valence-electron chi connectivity index (χ4n) is 2.06. The lowest BCUT2D eigenvalue weighted by molar-refractivity contribution is 0.277. The van der Waals surface area contributed by atoms with Crippen molar-refractivity contribution in [3.63, 3.8) is 0 Å². The van der Waals surface area contributed by atoms with E-state index in [1.165, 1.54) is 19.2 Å². The Hall–Kier alpha value is -1.55. The lowest BCUT2D eigenvalue weighted by atomic mass is 10.2. The molecule has 4 nitrogen and oxygen atoms in total. The quantitative estimate of drug-likeness (QED) is 0.855. The summed E-state index contributed by atoms with van der Waals surface area (Å²) in [7, 11) is 0. The highest BCUT2D eigenvalue weighted by Crippen LogP contribution is 2.24. The maximum Gasteiger partial charge on any atom is 0.196 e. The van der Waals surface area contributed by atoms with Gasteiger partial charge in [-0.05, 0) is 31.5 Å². The van der Waals surface area contributed by atoms with Crippen LogP contribution >= 0.6 is 0 Å². The predicted octanol–water partition coefficient (Wildman–Crippen LogP) is 1.96. The zero-order chi connectivity index (χ0) is 10.8. The first kappa shape index (κ1) is 9.66. The minimum Gasteiger partial charge on any atom is -0.488 e. The second kappa shape index (κ2) is 4.14. The van der Waals surface area contributed by atoms with Gasteiger partial charge < -0.3 is 14.5 Å². The molecule has 1 fully saturated rings. The molecule has 1 N–H and O–H groups in total. The van der Waals surface area contributed by atoms with Gasteiger partial charge in [0.05, 0.1) is 0 Å². The summed E-state index contributed by atoms with van der Waals surface area (Å²) in [5.74, 6) is 0.781. The van der Waals surface area contributed by atoms with Crippen LogP contribution < -0.4 is 10.1 Å². The van der Waals surface area contributed by atoms with Crippen LogP contribution in [0.1, 0.15) is 12.8 Å². The van der Waals surface area contributed by atoms with E-state index in [0.29, 0.717) is 12.6 Å². The van der Waals surface area contributed by atoms with Crippen LogP contribution in [-0.4, -0.2) is 24.2 Å². The molecule has 16 heavy (non-hydrogen) atoms. The Labute approximate surface area is 93.6 Å². The van der Waals surface area contributed by atoms with E-state index < -0.39 is 0 Å². The average Bonchev–Trinajstić information content (AvgIpc) is 2.97. The zero-order valence-electron chi connectivity index (χ0n) is 8.98. The third-order valence-electron chi connectivity index (χ3n) is 2.92. The first-order valence-corrected chi connectivity index (χ1v) is 5.62. The number of ether oxygens (including phenoxy) is 1. The van der Waals surface area contributed by atoms with Gasteiger partial charge in [-0.3, -0.25) is 0 Å². The van der Waals surface area contributed by atoms with Gasteiger partial charge in [0.2, 0.25) is 0 Å². The van der Waals surface area contributed by atoms with Crippen molar-refractivity contribution in [3.8, 4) is 5.75 Å². The number of nitrogens with zero attached hydrogens (tertiary/aromatic N) is 1. The van der Waals surface area contributed by atoms with E-state index in [4.69, 9.17) is 9.15 Å². The third kappa shape index (κ3) is 1.76. The van der Waals surface area contributed by atoms with Gasteiger partial charge in [-0.25, -0.2) is 4.98 Å². The van der Waals surface area contributed by atoms with Crippen molar-refractivity contribution in [1.82, 2.24) is 10.3 Å². The second-order valence-corrected chi connectivity index (χ2v) is 4.06. The first-order valence-electron chi connectivity index (χ1n) is 5.62.